The van der Waals surface area contributed by atoms with Gasteiger partial charge in [0.15, 0.2) is 18.1 Å². The number of carbonyl (C=O) groups excluding carboxylic acids is 4. The number of benzene rings is 3. The first-order valence-electron chi connectivity index (χ1n) is 12.0. The van der Waals surface area contributed by atoms with Gasteiger partial charge >= 0.3 is 6.03 Å². The van der Waals surface area contributed by atoms with Gasteiger partial charge in [-0.05, 0) is 77.0 Å². The number of imide groups is 2. The second-order valence-electron chi connectivity index (χ2n) is 8.46. The largest absolute Gasteiger partial charge is 0.490 e. The molecule has 2 N–H and O–H groups in total. The number of amides is 5. The third-order valence-electron chi connectivity index (χ3n) is 5.61. The number of hydrogen-bond acceptors (Lipinski definition) is 8. The van der Waals surface area contributed by atoms with Crippen LogP contribution < -0.4 is 25.0 Å². The molecule has 216 valence electrons. The molecule has 0 atom stereocenters. The van der Waals surface area contributed by atoms with Crippen molar-refractivity contribution in [1.29, 1.82) is 0 Å². The Labute approximate surface area is 256 Å². The normalized spacial score (nSPS) is 14.0. The molecule has 1 aliphatic rings. The summed E-state index contributed by atoms with van der Waals surface area (Å²) in [4.78, 5) is 61.8. The summed E-state index contributed by atoms with van der Waals surface area (Å²) in [5.41, 5.74) is 0.158. The van der Waals surface area contributed by atoms with Crippen LogP contribution in [0, 0.1) is 10.1 Å². The van der Waals surface area contributed by atoms with E-state index in [4.69, 9.17) is 32.7 Å². The molecule has 42 heavy (non-hydrogen) atoms. The van der Waals surface area contributed by atoms with E-state index in [9.17, 15) is 29.3 Å². The summed E-state index contributed by atoms with van der Waals surface area (Å²) in [6.45, 7) is 1.55. The number of hydrogen-bond donors (Lipinski definition) is 2. The molecule has 1 heterocycles. The molecule has 12 nitrogen and oxygen atoms in total. The van der Waals surface area contributed by atoms with Crippen molar-refractivity contribution in [3.63, 3.8) is 0 Å². The molecular formula is C27H19BrCl2N4O8. The van der Waals surface area contributed by atoms with Crippen LogP contribution >= 0.6 is 39.1 Å². The van der Waals surface area contributed by atoms with Gasteiger partial charge in [-0.25, -0.2) is 9.69 Å². The Bertz CT molecular complexity index is 1650. The van der Waals surface area contributed by atoms with E-state index in [2.05, 4.69) is 26.6 Å². The molecule has 1 saturated heterocycles. The summed E-state index contributed by atoms with van der Waals surface area (Å²) in [5, 5.41) is 16.3. The van der Waals surface area contributed by atoms with Crippen LogP contribution in [0.5, 0.6) is 11.5 Å². The van der Waals surface area contributed by atoms with E-state index in [-0.39, 0.29) is 40.1 Å². The molecule has 0 saturated carbocycles. The third-order valence-corrected chi connectivity index (χ3v) is 6.94. The maximum atomic E-state index is 13.2. The zero-order valence-electron chi connectivity index (χ0n) is 21.5. The number of nitro groups is 1. The number of anilines is 2. The number of non-ortho nitro benzene ring substituents is 1. The highest BCUT2D eigenvalue weighted by Crippen LogP contribution is 2.38. The molecular weight excluding hydrogens is 659 g/mol. The second kappa shape index (κ2) is 13.0. The third kappa shape index (κ3) is 6.87. The maximum Gasteiger partial charge on any atom is 0.335 e. The van der Waals surface area contributed by atoms with Crippen molar-refractivity contribution in [2.45, 2.75) is 6.92 Å². The lowest BCUT2D eigenvalue weighted by atomic mass is 10.1. The quantitative estimate of drug-likeness (QED) is 0.126. The van der Waals surface area contributed by atoms with Crippen LogP contribution in [0.3, 0.4) is 0 Å². The number of rotatable bonds is 9. The van der Waals surface area contributed by atoms with Crippen LogP contribution in [0.15, 0.2) is 64.6 Å². The van der Waals surface area contributed by atoms with Gasteiger partial charge in [-0.2, -0.15) is 0 Å². The monoisotopic (exact) mass is 676 g/mol. The highest BCUT2D eigenvalue weighted by Gasteiger charge is 2.37. The summed E-state index contributed by atoms with van der Waals surface area (Å²) < 4.78 is 11.7. The Kier molecular flexibility index (Phi) is 9.45. The number of barbiturate groups is 1. The van der Waals surface area contributed by atoms with Crippen LogP contribution in [0.2, 0.25) is 10.0 Å². The molecule has 5 amide bonds. The molecule has 0 radical (unpaired) electrons. The maximum absolute atomic E-state index is 13.2. The van der Waals surface area contributed by atoms with E-state index < -0.39 is 35.3 Å². The smallest absolute Gasteiger partial charge is 0.335 e. The van der Waals surface area contributed by atoms with E-state index in [1.165, 1.54) is 42.5 Å². The van der Waals surface area contributed by atoms with Gasteiger partial charge in [0.1, 0.15) is 5.57 Å². The van der Waals surface area contributed by atoms with Gasteiger partial charge in [-0.3, -0.25) is 29.8 Å². The molecule has 0 unspecified atom stereocenters. The van der Waals surface area contributed by atoms with Crippen molar-refractivity contribution in [3.05, 3.63) is 90.4 Å². The van der Waals surface area contributed by atoms with Crippen molar-refractivity contribution in [1.82, 2.24) is 5.32 Å². The van der Waals surface area contributed by atoms with Gasteiger partial charge in [0.2, 0.25) is 0 Å². The first-order chi connectivity index (χ1) is 20.0. The SMILES string of the molecule is CCOc1cc(/C=C2/C(=O)NC(=O)N(c3ccc([N+](=O)[O-])cc3)C2=O)cc(Br)c1OCC(=O)Nc1ccc(Cl)c(Cl)c1. The van der Waals surface area contributed by atoms with E-state index in [0.29, 0.717) is 25.6 Å². The van der Waals surface area contributed by atoms with E-state index in [1.54, 1.807) is 13.0 Å². The Morgan fingerprint density at radius 2 is 1.79 bits per heavy atom. The van der Waals surface area contributed by atoms with Crippen LogP contribution in [0.4, 0.5) is 21.9 Å². The first-order valence-corrected chi connectivity index (χ1v) is 13.5. The van der Waals surface area contributed by atoms with Gasteiger partial charge < -0.3 is 14.8 Å². The Hall–Kier alpha value is -4.46. The summed E-state index contributed by atoms with van der Waals surface area (Å²) in [5.74, 6) is -1.98. The van der Waals surface area contributed by atoms with Gasteiger partial charge in [0.25, 0.3) is 23.4 Å². The van der Waals surface area contributed by atoms with Crippen molar-refractivity contribution < 1.29 is 33.6 Å². The van der Waals surface area contributed by atoms with Crippen LogP contribution in [-0.2, 0) is 14.4 Å². The molecule has 4 rings (SSSR count). The van der Waals surface area contributed by atoms with E-state index in [1.807, 2.05) is 0 Å². The van der Waals surface area contributed by atoms with Crippen molar-refractivity contribution in [3.8, 4) is 11.5 Å². The van der Waals surface area contributed by atoms with Gasteiger partial charge in [-0.1, -0.05) is 23.2 Å². The van der Waals surface area contributed by atoms with Crippen LogP contribution in [0.25, 0.3) is 6.08 Å². The van der Waals surface area contributed by atoms with Crippen LogP contribution in [-0.4, -0.2) is 41.9 Å². The summed E-state index contributed by atoms with van der Waals surface area (Å²) >= 11 is 15.3. The van der Waals surface area contributed by atoms with Crippen LogP contribution in [0.1, 0.15) is 12.5 Å². The number of halogens is 3. The lowest BCUT2D eigenvalue weighted by molar-refractivity contribution is -0.384. The Morgan fingerprint density at radius 1 is 1.07 bits per heavy atom. The predicted molar refractivity (Wildman–Crippen MR) is 158 cm³/mol. The van der Waals surface area contributed by atoms with E-state index in [0.717, 1.165) is 12.1 Å². The average molecular weight is 678 g/mol. The molecule has 0 spiro atoms. The molecule has 3 aromatic carbocycles. The fourth-order valence-electron chi connectivity index (χ4n) is 3.76. The number of ether oxygens (including phenoxy) is 2. The fraction of sp³-hybridized carbons (Fsp3) is 0.111. The summed E-state index contributed by atoms with van der Waals surface area (Å²) in [7, 11) is 0. The molecule has 3 aromatic rings. The van der Waals surface area contributed by atoms with E-state index >= 15 is 0 Å². The number of carbonyl (C=O) groups is 4. The summed E-state index contributed by atoms with van der Waals surface area (Å²) in [6.07, 6.45) is 1.25. The Morgan fingerprint density at radius 3 is 2.43 bits per heavy atom. The average Bonchev–Trinajstić information content (AvgIpc) is 2.93. The minimum Gasteiger partial charge on any atom is -0.490 e. The van der Waals surface area contributed by atoms with Crippen molar-refractivity contribution in [2.24, 2.45) is 0 Å². The fourth-order valence-corrected chi connectivity index (χ4v) is 4.64. The standard InChI is InChI=1S/C27H19BrCl2N4O8/c1-2-41-22-11-14(10-19(28)24(22)42-13-23(35)31-15-3-8-20(29)21(30)12-15)9-18-25(36)32-27(38)33(26(18)37)16-4-6-17(7-5-16)34(39)40/h3-12H,2,13H2,1H3,(H,31,35)(H,32,36,38)/b18-9-. The molecule has 1 fully saturated rings. The molecule has 0 bridgehead atoms. The number of urea groups is 1. The topological polar surface area (TPSA) is 157 Å². The first kappa shape index (κ1) is 30.5. The van der Waals surface area contributed by atoms with Gasteiger partial charge in [-0.15, -0.1) is 0 Å². The lowest BCUT2D eigenvalue weighted by Gasteiger charge is -2.26. The molecule has 15 heteroatoms. The number of nitro benzene ring substituents is 1. The second-order valence-corrected chi connectivity index (χ2v) is 10.1. The molecule has 0 aliphatic carbocycles. The lowest BCUT2D eigenvalue weighted by Crippen LogP contribution is -2.54. The highest BCUT2D eigenvalue weighted by molar-refractivity contribution is 9.10. The van der Waals surface area contributed by atoms with Gasteiger partial charge in [0.05, 0.1) is 31.7 Å². The van der Waals surface area contributed by atoms with Gasteiger partial charge in [0, 0.05) is 17.8 Å². The molecule has 0 aromatic heterocycles. The molecule has 1 aliphatic heterocycles. The van der Waals surface area contributed by atoms with Crippen molar-refractivity contribution in [2.75, 3.05) is 23.4 Å². The predicted octanol–water partition coefficient (Wildman–Crippen LogP) is 5.75. The van der Waals surface area contributed by atoms with Crippen molar-refractivity contribution >= 4 is 86.0 Å². The Balaban J connectivity index is 1.57. The minimum absolute atomic E-state index is 0.0283. The minimum atomic E-state index is -1.00. The zero-order valence-corrected chi connectivity index (χ0v) is 24.6. The number of nitrogens with zero attached hydrogens (tertiary/aromatic N) is 2. The highest BCUT2D eigenvalue weighted by atomic mass is 79.9. The summed E-state index contributed by atoms with van der Waals surface area (Å²) in [6, 6.07) is 11.3. The number of nitrogens with one attached hydrogen (secondary N) is 2. The zero-order chi connectivity index (χ0) is 30.6.